The van der Waals surface area contributed by atoms with Crippen molar-refractivity contribution in [3.63, 3.8) is 0 Å². The molecule has 1 N–H and O–H groups in total. The number of hydrogen-bond acceptors (Lipinski definition) is 4. The van der Waals surface area contributed by atoms with Crippen LogP contribution in [0.4, 0.5) is 0 Å². The van der Waals surface area contributed by atoms with Crippen LogP contribution in [-0.4, -0.2) is 34.6 Å². The molecule has 1 aromatic carbocycles. The van der Waals surface area contributed by atoms with E-state index in [-0.39, 0.29) is 11.0 Å². The zero-order valence-corrected chi connectivity index (χ0v) is 15.6. The average Bonchev–Trinajstić information content (AvgIpc) is 2.61. The molecule has 2 aromatic rings. The lowest BCUT2D eigenvalue weighted by molar-refractivity contribution is 0.253. The number of benzene rings is 1. The molecule has 4 rings (SSSR count). The van der Waals surface area contributed by atoms with Crippen LogP contribution in [0, 0.1) is 0 Å². The van der Waals surface area contributed by atoms with Crippen molar-refractivity contribution >= 4 is 6.08 Å². The number of hydrogen-bond donors (Lipinski definition) is 1. The third-order valence-corrected chi connectivity index (χ3v) is 4.98. The van der Waals surface area contributed by atoms with E-state index in [2.05, 4.69) is 42.8 Å². The first-order valence-corrected chi connectivity index (χ1v) is 9.16. The molecule has 5 nitrogen and oxygen atoms in total. The second-order valence-electron chi connectivity index (χ2n) is 8.18. The van der Waals surface area contributed by atoms with E-state index in [0.717, 1.165) is 47.9 Å². The summed E-state index contributed by atoms with van der Waals surface area (Å²) >= 11 is 0. The van der Waals surface area contributed by atoms with Crippen LogP contribution in [0.1, 0.15) is 43.4 Å². The molecule has 0 amide bonds. The summed E-state index contributed by atoms with van der Waals surface area (Å²) in [5.41, 5.74) is 3.98. The summed E-state index contributed by atoms with van der Waals surface area (Å²) < 4.78 is 5.85. The van der Waals surface area contributed by atoms with E-state index in [1.54, 1.807) is 0 Å². The highest BCUT2D eigenvalue weighted by Gasteiger charge is 2.25. The molecule has 0 atom stereocenters. The van der Waals surface area contributed by atoms with Gasteiger partial charge in [-0.25, -0.2) is 4.98 Å². The van der Waals surface area contributed by atoms with Crippen molar-refractivity contribution in [1.82, 2.24) is 14.9 Å². The van der Waals surface area contributed by atoms with Crippen LogP contribution in [0.3, 0.4) is 0 Å². The fraction of sp³-hybridized carbons (Fsp3) is 0.429. The second kappa shape index (κ2) is 6.40. The van der Waals surface area contributed by atoms with E-state index in [4.69, 9.17) is 9.72 Å². The number of aromatic amines is 1. The highest BCUT2D eigenvalue weighted by molar-refractivity contribution is 5.62. The third-order valence-electron chi connectivity index (χ3n) is 4.98. The maximum Gasteiger partial charge on any atom is 0.255 e. The normalized spacial score (nSPS) is 17.1. The molecule has 0 spiro atoms. The van der Waals surface area contributed by atoms with Crippen LogP contribution >= 0.6 is 0 Å². The first-order chi connectivity index (χ1) is 12.4. The van der Waals surface area contributed by atoms with Gasteiger partial charge in [-0.05, 0) is 17.7 Å². The van der Waals surface area contributed by atoms with Crippen molar-refractivity contribution in [2.24, 2.45) is 0 Å². The minimum Gasteiger partial charge on any atom is -0.489 e. The van der Waals surface area contributed by atoms with E-state index in [0.29, 0.717) is 13.2 Å². The molecule has 0 bridgehead atoms. The molecule has 5 heteroatoms. The number of ether oxygens (including phenoxy) is 1. The van der Waals surface area contributed by atoms with Crippen LogP contribution in [0.5, 0.6) is 5.75 Å². The minimum atomic E-state index is -0.150. The van der Waals surface area contributed by atoms with E-state index >= 15 is 0 Å². The zero-order valence-electron chi connectivity index (χ0n) is 15.6. The van der Waals surface area contributed by atoms with Gasteiger partial charge in [-0.2, -0.15) is 0 Å². The third kappa shape index (κ3) is 3.31. The van der Waals surface area contributed by atoms with Crippen LogP contribution < -0.4 is 10.3 Å². The predicted molar refractivity (Wildman–Crippen MR) is 102 cm³/mol. The number of nitrogens with one attached hydrogen (secondary N) is 1. The first kappa shape index (κ1) is 17.0. The highest BCUT2D eigenvalue weighted by Crippen LogP contribution is 2.27. The topological polar surface area (TPSA) is 58.2 Å². The number of para-hydroxylation sites is 1. The van der Waals surface area contributed by atoms with Crippen molar-refractivity contribution in [3.05, 3.63) is 62.8 Å². The number of H-pyrrole nitrogens is 1. The van der Waals surface area contributed by atoms with Crippen molar-refractivity contribution in [2.75, 3.05) is 19.7 Å². The summed E-state index contributed by atoms with van der Waals surface area (Å²) in [5, 5.41) is 0. The highest BCUT2D eigenvalue weighted by atomic mass is 16.5. The molecule has 2 aliphatic rings. The van der Waals surface area contributed by atoms with Gasteiger partial charge in [0.15, 0.2) is 0 Å². The van der Waals surface area contributed by atoms with Gasteiger partial charge in [-0.1, -0.05) is 39.0 Å². The van der Waals surface area contributed by atoms with Gasteiger partial charge in [0, 0.05) is 37.0 Å². The van der Waals surface area contributed by atoms with Crippen LogP contribution in [0.2, 0.25) is 0 Å². The van der Waals surface area contributed by atoms with Crippen LogP contribution in [0.15, 0.2) is 34.6 Å². The summed E-state index contributed by atoms with van der Waals surface area (Å²) in [5.74, 6) is 1.71. The monoisotopic (exact) mass is 351 g/mol. The fourth-order valence-corrected chi connectivity index (χ4v) is 3.51. The van der Waals surface area contributed by atoms with Gasteiger partial charge in [0.2, 0.25) is 0 Å². The van der Waals surface area contributed by atoms with E-state index in [1.807, 2.05) is 18.2 Å². The Balaban J connectivity index is 1.53. The molecular weight excluding hydrogens is 326 g/mol. The SMILES string of the molecule is CC(C)(C)c1nc2c(c(=O)[nH]1)CN(CC1=Cc3ccccc3OC1)CC2. The largest absolute Gasteiger partial charge is 0.489 e. The zero-order chi connectivity index (χ0) is 18.3. The summed E-state index contributed by atoms with van der Waals surface area (Å²) in [6, 6.07) is 8.08. The molecule has 0 radical (unpaired) electrons. The molecule has 0 aliphatic carbocycles. The maximum atomic E-state index is 12.6. The van der Waals surface area contributed by atoms with E-state index < -0.39 is 0 Å². The predicted octanol–water partition coefficient (Wildman–Crippen LogP) is 2.90. The minimum absolute atomic E-state index is 0.00356. The quantitative estimate of drug-likeness (QED) is 0.904. The van der Waals surface area contributed by atoms with Gasteiger partial charge in [0.1, 0.15) is 18.2 Å². The van der Waals surface area contributed by atoms with E-state index in [9.17, 15) is 4.79 Å². The first-order valence-electron chi connectivity index (χ1n) is 9.16. The van der Waals surface area contributed by atoms with Crippen molar-refractivity contribution in [1.29, 1.82) is 0 Å². The molecule has 0 saturated heterocycles. The lowest BCUT2D eigenvalue weighted by Crippen LogP contribution is -2.38. The lowest BCUT2D eigenvalue weighted by Gasteiger charge is -2.30. The number of rotatable bonds is 2. The van der Waals surface area contributed by atoms with Crippen molar-refractivity contribution in [2.45, 2.75) is 39.2 Å². The van der Waals surface area contributed by atoms with Gasteiger partial charge in [-0.3, -0.25) is 9.69 Å². The van der Waals surface area contributed by atoms with Gasteiger partial charge in [0.25, 0.3) is 5.56 Å². The number of fused-ring (bicyclic) bond motifs is 2. The Labute approximate surface area is 153 Å². The maximum absolute atomic E-state index is 12.6. The van der Waals surface area contributed by atoms with Crippen LogP contribution in [0.25, 0.3) is 6.08 Å². The Hall–Kier alpha value is -2.40. The molecular formula is C21H25N3O2. The van der Waals surface area contributed by atoms with Crippen molar-refractivity contribution in [3.8, 4) is 5.75 Å². The Bertz CT molecular complexity index is 922. The standard InChI is InChI=1S/C21H25N3O2/c1-21(2,3)20-22-17-8-9-24(12-16(17)19(25)23-20)11-14-10-15-6-4-5-7-18(15)26-13-14/h4-7,10H,8-9,11-13H2,1-3H3,(H,22,23,25). The summed E-state index contributed by atoms with van der Waals surface area (Å²) in [6.07, 6.45) is 3.02. The summed E-state index contributed by atoms with van der Waals surface area (Å²) in [7, 11) is 0. The van der Waals surface area contributed by atoms with Crippen molar-refractivity contribution < 1.29 is 4.74 Å². The Morgan fingerprint density at radius 3 is 2.88 bits per heavy atom. The van der Waals surface area contributed by atoms with Gasteiger partial charge < -0.3 is 9.72 Å². The lowest BCUT2D eigenvalue weighted by atomic mass is 9.95. The molecule has 0 fully saturated rings. The molecule has 0 saturated carbocycles. The van der Waals surface area contributed by atoms with Gasteiger partial charge in [-0.15, -0.1) is 0 Å². The Morgan fingerprint density at radius 1 is 1.27 bits per heavy atom. The molecule has 3 heterocycles. The molecule has 26 heavy (non-hydrogen) atoms. The molecule has 1 aromatic heterocycles. The van der Waals surface area contributed by atoms with Crippen LogP contribution in [-0.2, 0) is 18.4 Å². The fourth-order valence-electron chi connectivity index (χ4n) is 3.51. The smallest absolute Gasteiger partial charge is 0.255 e. The Kier molecular flexibility index (Phi) is 4.19. The molecule has 136 valence electrons. The Morgan fingerprint density at radius 2 is 2.08 bits per heavy atom. The van der Waals surface area contributed by atoms with Gasteiger partial charge in [0.05, 0.1) is 11.3 Å². The number of aromatic nitrogens is 2. The summed E-state index contributed by atoms with van der Waals surface area (Å²) in [4.78, 5) is 22.6. The van der Waals surface area contributed by atoms with E-state index in [1.165, 1.54) is 5.57 Å². The second-order valence-corrected chi connectivity index (χ2v) is 8.18. The molecule has 2 aliphatic heterocycles. The summed E-state index contributed by atoms with van der Waals surface area (Å²) in [6.45, 7) is 9.18. The van der Waals surface area contributed by atoms with Gasteiger partial charge >= 0.3 is 0 Å². The number of nitrogens with zero attached hydrogens (tertiary/aromatic N) is 2. The average molecular weight is 351 g/mol. The molecule has 0 unspecified atom stereocenters.